The van der Waals surface area contributed by atoms with Crippen molar-refractivity contribution in [3.8, 4) is 0 Å². The fourth-order valence-corrected chi connectivity index (χ4v) is 2.00. The van der Waals surface area contributed by atoms with Crippen LogP contribution < -0.4 is 10.6 Å². The SMILES string of the molecule is C=C/C=C\c1c(NC)ccnc1C(C)CNC(C)(C)C. The summed E-state index contributed by atoms with van der Waals surface area (Å²) in [6, 6.07) is 2.00. The van der Waals surface area contributed by atoms with E-state index in [9.17, 15) is 0 Å². The van der Waals surface area contributed by atoms with Crippen LogP contribution in [0.3, 0.4) is 0 Å². The number of hydrogen-bond donors (Lipinski definition) is 2. The molecule has 1 atom stereocenters. The lowest BCUT2D eigenvalue weighted by molar-refractivity contribution is 0.410. The summed E-state index contributed by atoms with van der Waals surface area (Å²) in [5, 5.41) is 6.76. The summed E-state index contributed by atoms with van der Waals surface area (Å²) in [7, 11) is 1.93. The maximum atomic E-state index is 4.58. The van der Waals surface area contributed by atoms with Crippen molar-refractivity contribution in [3.05, 3.63) is 42.3 Å². The second-order valence-corrected chi connectivity index (χ2v) is 6.03. The summed E-state index contributed by atoms with van der Waals surface area (Å²) in [6.45, 7) is 13.4. The smallest absolute Gasteiger partial charge is 0.0537 e. The van der Waals surface area contributed by atoms with Crippen LogP contribution in [-0.2, 0) is 0 Å². The van der Waals surface area contributed by atoms with E-state index in [0.717, 1.165) is 23.5 Å². The molecule has 0 aliphatic carbocycles. The summed E-state index contributed by atoms with van der Waals surface area (Å²) in [5.41, 5.74) is 3.45. The van der Waals surface area contributed by atoms with Crippen LogP contribution in [0.4, 0.5) is 5.69 Å². The highest BCUT2D eigenvalue weighted by Crippen LogP contribution is 2.25. The van der Waals surface area contributed by atoms with Crippen molar-refractivity contribution in [1.29, 1.82) is 0 Å². The topological polar surface area (TPSA) is 37.0 Å². The number of anilines is 1. The number of aromatic nitrogens is 1. The van der Waals surface area contributed by atoms with Crippen LogP contribution in [-0.4, -0.2) is 24.1 Å². The highest BCUT2D eigenvalue weighted by molar-refractivity contribution is 5.69. The fourth-order valence-electron chi connectivity index (χ4n) is 2.00. The molecule has 1 unspecified atom stereocenters. The molecule has 0 saturated heterocycles. The summed E-state index contributed by atoms with van der Waals surface area (Å²) >= 11 is 0. The van der Waals surface area contributed by atoms with Crippen molar-refractivity contribution in [2.24, 2.45) is 0 Å². The zero-order valence-corrected chi connectivity index (χ0v) is 13.3. The standard InChI is InChI=1S/C17H27N3/c1-7-8-9-14-15(18-6)10-11-19-16(14)13(2)12-20-17(3,4)5/h7-11,13,20H,1,12H2,2-6H3,(H,18,19)/b9-8-. The Bertz CT molecular complexity index is 470. The van der Waals surface area contributed by atoms with Crippen molar-refractivity contribution in [2.45, 2.75) is 39.2 Å². The van der Waals surface area contributed by atoms with Gasteiger partial charge in [-0.05, 0) is 26.8 Å². The van der Waals surface area contributed by atoms with E-state index in [2.05, 4.69) is 56.0 Å². The molecule has 3 heteroatoms. The van der Waals surface area contributed by atoms with Crippen molar-refractivity contribution < 1.29 is 0 Å². The molecular weight excluding hydrogens is 246 g/mol. The molecule has 2 N–H and O–H groups in total. The average molecular weight is 273 g/mol. The Labute approximate surface area is 123 Å². The zero-order chi connectivity index (χ0) is 15.2. The molecule has 1 rings (SSSR count). The molecule has 0 saturated carbocycles. The van der Waals surface area contributed by atoms with Gasteiger partial charge in [0.15, 0.2) is 0 Å². The molecule has 110 valence electrons. The lowest BCUT2D eigenvalue weighted by atomic mass is 9.98. The Hall–Kier alpha value is -1.61. The van der Waals surface area contributed by atoms with Gasteiger partial charge in [-0.2, -0.15) is 0 Å². The molecule has 3 nitrogen and oxygen atoms in total. The van der Waals surface area contributed by atoms with E-state index in [0.29, 0.717) is 5.92 Å². The summed E-state index contributed by atoms with van der Waals surface area (Å²) in [5.74, 6) is 0.340. The Morgan fingerprint density at radius 2 is 2.10 bits per heavy atom. The van der Waals surface area contributed by atoms with E-state index in [1.165, 1.54) is 0 Å². The molecule has 20 heavy (non-hydrogen) atoms. The van der Waals surface area contributed by atoms with E-state index < -0.39 is 0 Å². The molecule has 0 radical (unpaired) electrons. The van der Waals surface area contributed by atoms with E-state index in [1.807, 2.05) is 25.4 Å². The third-order valence-corrected chi connectivity index (χ3v) is 3.09. The maximum absolute atomic E-state index is 4.58. The second-order valence-electron chi connectivity index (χ2n) is 6.03. The summed E-state index contributed by atoms with van der Waals surface area (Å²) in [4.78, 5) is 4.58. The predicted octanol–water partition coefficient (Wildman–Crippen LogP) is 3.81. The van der Waals surface area contributed by atoms with Crippen molar-refractivity contribution >= 4 is 11.8 Å². The van der Waals surface area contributed by atoms with Gasteiger partial charge in [-0.15, -0.1) is 0 Å². The van der Waals surface area contributed by atoms with Crippen LogP contribution >= 0.6 is 0 Å². The molecular formula is C17H27N3. The van der Waals surface area contributed by atoms with Gasteiger partial charge in [-0.25, -0.2) is 0 Å². The third kappa shape index (κ3) is 4.82. The van der Waals surface area contributed by atoms with Gasteiger partial charge in [0.2, 0.25) is 0 Å². The average Bonchev–Trinajstić information content (AvgIpc) is 2.41. The highest BCUT2D eigenvalue weighted by Gasteiger charge is 2.16. The monoisotopic (exact) mass is 273 g/mol. The number of nitrogens with zero attached hydrogens (tertiary/aromatic N) is 1. The lowest BCUT2D eigenvalue weighted by Gasteiger charge is -2.24. The molecule has 0 fully saturated rings. The summed E-state index contributed by atoms with van der Waals surface area (Å²) in [6.07, 6.45) is 7.66. The Balaban J connectivity index is 3.03. The molecule has 0 spiro atoms. The fraction of sp³-hybridized carbons (Fsp3) is 0.471. The normalized spacial score (nSPS) is 13.4. The van der Waals surface area contributed by atoms with Gasteiger partial charge in [0, 0.05) is 42.5 Å². The van der Waals surface area contributed by atoms with E-state index in [1.54, 1.807) is 6.08 Å². The number of hydrogen-bond acceptors (Lipinski definition) is 3. The number of allylic oxidation sites excluding steroid dienone is 2. The van der Waals surface area contributed by atoms with E-state index >= 15 is 0 Å². The van der Waals surface area contributed by atoms with Crippen LogP contribution in [0.5, 0.6) is 0 Å². The second kappa shape index (κ2) is 7.25. The molecule has 0 aromatic carbocycles. The van der Waals surface area contributed by atoms with Gasteiger partial charge in [0.25, 0.3) is 0 Å². The number of pyridine rings is 1. The van der Waals surface area contributed by atoms with Gasteiger partial charge in [-0.1, -0.05) is 31.7 Å². The van der Waals surface area contributed by atoms with Crippen LogP contribution in [0.25, 0.3) is 6.08 Å². The van der Waals surface area contributed by atoms with Gasteiger partial charge in [-0.3, -0.25) is 4.98 Å². The first-order chi connectivity index (χ1) is 9.39. The largest absolute Gasteiger partial charge is 0.388 e. The van der Waals surface area contributed by atoms with Crippen molar-refractivity contribution in [3.63, 3.8) is 0 Å². The van der Waals surface area contributed by atoms with Gasteiger partial charge in [0.1, 0.15) is 0 Å². The lowest BCUT2D eigenvalue weighted by Crippen LogP contribution is -2.38. The van der Waals surface area contributed by atoms with Crippen LogP contribution in [0.2, 0.25) is 0 Å². The van der Waals surface area contributed by atoms with Gasteiger partial charge < -0.3 is 10.6 Å². The predicted molar refractivity (Wildman–Crippen MR) is 89.2 cm³/mol. The number of nitrogens with one attached hydrogen (secondary N) is 2. The Morgan fingerprint density at radius 3 is 2.65 bits per heavy atom. The highest BCUT2D eigenvalue weighted by atomic mass is 14.9. The first-order valence-corrected chi connectivity index (χ1v) is 7.10. The molecule has 0 aliphatic rings. The van der Waals surface area contributed by atoms with E-state index in [4.69, 9.17) is 0 Å². The minimum Gasteiger partial charge on any atom is -0.388 e. The van der Waals surface area contributed by atoms with Crippen molar-refractivity contribution in [2.75, 3.05) is 18.9 Å². The maximum Gasteiger partial charge on any atom is 0.0537 e. The Morgan fingerprint density at radius 1 is 1.40 bits per heavy atom. The first-order valence-electron chi connectivity index (χ1n) is 7.10. The van der Waals surface area contributed by atoms with Gasteiger partial charge >= 0.3 is 0 Å². The minimum atomic E-state index is 0.117. The molecule has 0 amide bonds. The molecule has 0 bridgehead atoms. The molecule has 0 aliphatic heterocycles. The number of rotatable bonds is 6. The van der Waals surface area contributed by atoms with Gasteiger partial charge in [0.05, 0.1) is 5.69 Å². The van der Waals surface area contributed by atoms with Crippen LogP contribution in [0.1, 0.15) is 44.9 Å². The molecule has 1 heterocycles. The van der Waals surface area contributed by atoms with Crippen LogP contribution in [0.15, 0.2) is 31.0 Å². The molecule has 1 aromatic rings. The third-order valence-electron chi connectivity index (χ3n) is 3.09. The zero-order valence-electron chi connectivity index (χ0n) is 13.3. The van der Waals surface area contributed by atoms with E-state index in [-0.39, 0.29) is 5.54 Å². The van der Waals surface area contributed by atoms with Crippen molar-refractivity contribution in [1.82, 2.24) is 10.3 Å². The van der Waals surface area contributed by atoms with Crippen LogP contribution in [0, 0.1) is 0 Å². The first kappa shape index (κ1) is 16.4. The molecule has 1 aromatic heterocycles. The Kier molecular flexibility index (Phi) is 5.96. The quantitative estimate of drug-likeness (QED) is 0.774. The summed E-state index contributed by atoms with van der Waals surface area (Å²) < 4.78 is 0. The minimum absolute atomic E-state index is 0.117.